The Labute approximate surface area is 164 Å². The van der Waals surface area contributed by atoms with Crippen LogP contribution in [0.25, 0.3) is 0 Å². The molecule has 1 fully saturated rings. The molecule has 1 aliphatic rings. The minimum absolute atomic E-state index is 0.278. The predicted molar refractivity (Wildman–Crippen MR) is 105 cm³/mol. The first-order valence-corrected chi connectivity index (χ1v) is 9.67. The van der Waals surface area contributed by atoms with Gasteiger partial charge in [-0.1, -0.05) is 23.7 Å². The number of halogens is 1. The second-order valence-corrected chi connectivity index (χ2v) is 6.78. The molecule has 0 saturated carbocycles. The van der Waals surface area contributed by atoms with E-state index in [9.17, 15) is 4.79 Å². The topological polar surface area (TPSA) is 48.0 Å². The van der Waals surface area contributed by atoms with E-state index in [0.29, 0.717) is 29.7 Å². The molecule has 0 aliphatic carbocycles. The van der Waals surface area contributed by atoms with Gasteiger partial charge in [-0.25, -0.2) is 4.79 Å². The van der Waals surface area contributed by atoms with E-state index in [1.807, 2.05) is 18.2 Å². The highest BCUT2D eigenvalue weighted by Gasteiger charge is 2.18. The van der Waals surface area contributed by atoms with Gasteiger partial charge in [-0.15, -0.1) is 0 Å². The zero-order valence-corrected chi connectivity index (χ0v) is 16.0. The summed E-state index contributed by atoms with van der Waals surface area (Å²) in [4.78, 5) is 13.8. The quantitative estimate of drug-likeness (QED) is 0.613. The van der Waals surface area contributed by atoms with Crippen molar-refractivity contribution >= 4 is 17.7 Å². The number of benzene rings is 2. The second kappa shape index (κ2) is 10.1. The maximum Gasteiger partial charge on any atom is 0.415 e. The Balaban J connectivity index is 1.36. The van der Waals surface area contributed by atoms with Crippen LogP contribution < -0.4 is 14.2 Å². The zero-order valence-electron chi connectivity index (χ0n) is 15.2. The molecule has 2 aromatic carbocycles. The first-order chi connectivity index (χ1) is 13.2. The Morgan fingerprint density at radius 2 is 1.56 bits per heavy atom. The maximum atomic E-state index is 12.1. The van der Waals surface area contributed by atoms with Crippen molar-refractivity contribution in [3.8, 4) is 17.2 Å². The van der Waals surface area contributed by atoms with Gasteiger partial charge in [0.05, 0.1) is 18.2 Å². The molecule has 6 heteroatoms. The average Bonchev–Trinajstić information content (AvgIpc) is 2.71. The summed E-state index contributed by atoms with van der Waals surface area (Å²) in [5, 5.41) is 0.605. The minimum Gasteiger partial charge on any atom is -0.493 e. The van der Waals surface area contributed by atoms with Gasteiger partial charge in [0, 0.05) is 19.5 Å². The van der Waals surface area contributed by atoms with E-state index in [4.69, 9.17) is 25.8 Å². The summed E-state index contributed by atoms with van der Waals surface area (Å²) < 4.78 is 16.7. The van der Waals surface area contributed by atoms with Crippen LogP contribution in [0.15, 0.2) is 48.5 Å². The Kier molecular flexibility index (Phi) is 7.22. The van der Waals surface area contributed by atoms with E-state index >= 15 is 0 Å². The van der Waals surface area contributed by atoms with Crippen molar-refractivity contribution in [2.24, 2.45) is 0 Å². The molecule has 3 rings (SSSR count). The van der Waals surface area contributed by atoms with Crippen molar-refractivity contribution in [3.63, 3.8) is 0 Å². The third kappa shape index (κ3) is 6.07. The molecule has 0 aromatic heterocycles. The average molecular weight is 390 g/mol. The lowest BCUT2D eigenvalue weighted by Gasteiger charge is -2.25. The molecule has 1 amide bonds. The monoisotopic (exact) mass is 389 g/mol. The Hall–Kier alpha value is -2.40. The highest BCUT2D eigenvalue weighted by Crippen LogP contribution is 2.23. The molecular weight excluding hydrogens is 366 g/mol. The lowest BCUT2D eigenvalue weighted by atomic mass is 10.1. The number of hydrogen-bond acceptors (Lipinski definition) is 4. The van der Waals surface area contributed by atoms with E-state index in [1.54, 1.807) is 35.2 Å². The van der Waals surface area contributed by atoms with Gasteiger partial charge in [0.2, 0.25) is 0 Å². The smallest absolute Gasteiger partial charge is 0.415 e. The van der Waals surface area contributed by atoms with Crippen molar-refractivity contribution < 1.29 is 19.0 Å². The van der Waals surface area contributed by atoms with E-state index in [2.05, 4.69) is 0 Å². The predicted octanol–water partition coefficient (Wildman–Crippen LogP) is 5.17. The van der Waals surface area contributed by atoms with Crippen LogP contribution in [0.1, 0.15) is 25.7 Å². The van der Waals surface area contributed by atoms with Crippen molar-refractivity contribution in [2.45, 2.75) is 25.7 Å². The van der Waals surface area contributed by atoms with Crippen molar-refractivity contribution in [3.05, 3.63) is 53.6 Å². The van der Waals surface area contributed by atoms with Gasteiger partial charge >= 0.3 is 6.09 Å². The highest BCUT2D eigenvalue weighted by atomic mass is 35.5. The van der Waals surface area contributed by atoms with Gasteiger partial charge in [0.15, 0.2) is 0 Å². The zero-order chi connectivity index (χ0) is 18.9. The maximum absolute atomic E-state index is 12.1. The molecule has 1 heterocycles. The molecule has 0 N–H and O–H groups in total. The molecule has 5 nitrogen and oxygen atoms in total. The van der Waals surface area contributed by atoms with Crippen LogP contribution in [0, 0.1) is 0 Å². The van der Waals surface area contributed by atoms with Gasteiger partial charge in [0.25, 0.3) is 0 Å². The second-order valence-electron chi connectivity index (χ2n) is 6.37. The molecule has 144 valence electrons. The van der Waals surface area contributed by atoms with Crippen LogP contribution in [0.3, 0.4) is 0 Å². The molecule has 2 aromatic rings. The lowest BCUT2D eigenvalue weighted by Crippen LogP contribution is -2.37. The van der Waals surface area contributed by atoms with Gasteiger partial charge in [0.1, 0.15) is 17.2 Å². The Morgan fingerprint density at radius 3 is 2.30 bits per heavy atom. The third-order valence-corrected chi connectivity index (χ3v) is 4.61. The number of carbonyl (C=O) groups is 1. The first kappa shape index (κ1) is 19.4. The largest absolute Gasteiger partial charge is 0.493 e. The number of carbonyl (C=O) groups excluding carboxylic acids is 1. The van der Waals surface area contributed by atoms with Crippen LogP contribution in [0.2, 0.25) is 5.02 Å². The van der Waals surface area contributed by atoms with Gasteiger partial charge in [-0.2, -0.15) is 0 Å². The first-order valence-electron chi connectivity index (χ1n) is 9.29. The molecule has 0 bridgehead atoms. The van der Waals surface area contributed by atoms with E-state index in [0.717, 1.165) is 38.1 Å². The molecule has 0 spiro atoms. The molecule has 0 atom stereocenters. The van der Waals surface area contributed by atoms with Crippen molar-refractivity contribution in [1.29, 1.82) is 0 Å². The third-order valence-electron chi connectivity index (χ3n) is 4.29. The summed E-state index contributed by atoms with van der Waals surface area (Å²) in [5.41, 5.74) is 0. The van der Waals surface area contributed by atoms with Crippen LogP contribution in [0.4, 0.5) is 4.79 Å². The SMILES string of the molecule is O=C(Oc1ccc(OCCCOc2ccccc2Cl)cc1)N1CCCCC1. The molecule has 0 unspecified atom stereocenters. The van der Waals surface area contributed by atoms with Crippen LogP contribution in [0.5, 0.6) is 17.2 Å². The Morgan fingerprint density at radius 1 is 0.889 bits per heavy atom. The van der Waals surface area contributed by atoms with Gasteiger partial charge < -0.3 is 19.1 Å². The number of hydrogen-bond donors (Lipinski definition) is 0. The highest BCUT2D eigenvalue weighted by molar-refractivity contribution is 6.32. The molecule has 1 aliphatic heterocycles. The summed E-state index contributed by atoms with van der Waals surface area (Å²) in [6, 6.07) is 14.5. The van der Waals surface area contributed by atoms with Crippen LogP contribution in [-0.2, 0) is 0 Å². The number of ether oxygens (including phenoxy) is 3. The number of nitrogens with zero attached hydrogens (tertiary/aromatic N) is 1. The summed E-state index contributed by atoms with van der Waals surface area (Å²) in [6.45, 7) is 2.60. The van der Waals surface area contributed by atoms with Gasteiger partial charge in [-0.3, -0.25) is 0 Å². The van der Waals surface area contributed by atoms with E-state index in [-0.39, 0.29) is 6.09 Å². The number of likely N-dealkylation sites (tertiary alicyclic amines) is 1. The summed E-state index contributed by atoms with van der Waals surface area (Å²) >= 11 is 6.04. The van der Waals surface area contributed by atoms with Crippen LogP contribution >= 0.6 is 11.6 Å². The van der Waals surface area contributed by atoms with Crippen molar-refractivity contribution in [1.82, 2.24) is 4.90 Å². The number of piperidine rings is 1. The van der Waals surface area contributed by atoms with Crippen molar-refractivity contribution in [2.75, 3.05) is 26.3 Å². The minimum atomic E-state index is -0.278. The molecule has 0 radical (unpaired) electrons. The molecule has 27 heavy (non-hydrogen) atoms. The van der Waals surface area contributed by atoms with Crippen LogP contribution in [-0.4, -0.2) is 37.3 Å². The summed E-state index contributed by atoms with van der Waals surface area (Å²) in [7, 11) is 0. The molecular formula is C21H24ClNO4. The fourth-order valence-electron chi connectivity index (χ4n) is 2.84. The van der Waals surface area contributed by atoms with Gasteiger partial charge in [-0.05, 0) is 55.7 Å². The fourth-order valence-corrected chi connectivity index (χ4v) is 3.03. The van der Waals surface area contributed by atoms with E-state index < -0.39 is 0 Å². The number of para-hydroxylation sites is 1. The summed E-state index contributed by atoms with van der Waals surface area (Å²) in [5.74, 6) is 1.93. The fraction of sp³-hybridized carbons (Fsp3) is 0.381. The number of rotatable bonds is 7. The van der Waals surface area contributed by atoms with E-state index in [1.165, 1.54) is 6.42 Å². The normalized spacial score (nSPS) is 13.9. The standard InChI is InChI=1S/C21H24ClNO4/c22-19-7-2-3-8-20(19)26-16-6-15-25-17-9-11-18(12-10-17)27-21(24)23-13-4-1-5-14-23/h2-3,7-12H,1,4-6,13-16H2. The Bertz CT molecular complexity index is 729. The molecule has 1 saturated heterocycles. The number of amides is 1. The lowest BCUT2D eigenvalue weighted by molar-refractivity contribution is 0.142. The summed E-state index contributed by atoms with van der Waals surface area (Å²) in [6.07, 6.45) is 3.72.